The summed E-state index contributed by atoms with van der Waals surface area (Å²) in [5, 5.41) is 23.3. The summed E-state index contributed by atoms with van der Waals surface area (Å²) in [6.45, 7) is 0.831. The van der Waals surface area contributed by atoms with Gasteiger partial charge < -0.3 is 14.2 Å². The number of carbonyl (C=O) groups is 1. The number of carboxylic acid groups (broad SMARTS) is 1. The van der Waals surface area contributed by atoms with E-state index in [1.165, 1.54) is 0 Å². The first-order valence-corrected chi connectivity index (χ1v) is 9.32. The van der Waals surface area contributed by atoms with Crippen molar-refractivity contribution in [2.45, 2.75) is 25.3 Å². The first-order valence-electron chi connectivity index (χ1n) is 9.32. The summed E-state index contributed by atoms with van der Waals surface area (Å²) in [7, 11) is 0. The van der Waals surface area contributed by atoms with Crippen LogP contribution < -0.4 is 0 Å². The molecular formula is C22H16N4O3. The van der Waals surface area contributed by atoms with E-state index in [-0.39, 0.29) is 12.3 Å². The molecule has 142 valence electrons. The number of aryl methyl sites for hydroxylation is 1. The molecule has 4 aromatic rings. The van der Waals surface area contributed by atoms with Crippen LogP contribution in [-0.4, -0.2) is 25.8 Å². The first-order chi connectivity index (χ1) is 14.1. The molecule has 0 radical (unpaired) electrons. The molecule has 3 heterocycles. The molecule has 2 aromatic carbocycles. The van der Waals surface area contributed by atoms with Crippen molar-refractivity contribution in [1.82, 2.24) is 14.7 Å². The highest BCUT2D eigenvalue weighted by molar-refractivity contribution is 5.86. The topological polar surface area (TPSA) is 105 Å². The minimum atomic E-state index is -0.769. The number of aromatic nitrogens is 3. The van der Waals surface area contributed by atoms with Gasteiger partial charge in [0.25, 0.3) is 5.89 Å². The molecule has 0 bridgehead atoms. The molecule has 1 aliphatic heterocycles. The molecule has 0 fully saturated rings. The minimum absolute atomic E-state index is 0.0486. The summed E-state index contributed by atoms with van der Waals surface area (Å²) in [6.07, 6.45) is 1.01. The van der Waals surface area contributed by atoms with Crippen LogP contribution in [0.3, 0.4) is 0 Å². The SMILES string of the molecule is N#Cc1cccc(-c2nc(-c3ccc4c(c3)cc3n4CCC3CC(=O)O)no2)c1. The molecule has 1 N–H and O–H groups in total. The van der Waals surface area contributed by atoms with Gasteiger partial charge in [-0.15, -0.1) is 0 Å². The van der Waals surface area contributed by atoms with E-state index in [9.17, 15) is 4.79 Å². The monoisotopic (exact) mass is 384 g/mol. The molecule has 7 nitrogen and oxygen atoms in total. The average molecular weight is 384 g/mol. The zero-order valence-electron chi connectivity index (χ0n) is 15.4. The fourth-order valence-corrected chi connectivity index (χ4v) is 4.05. The number of carboxylic acids is 1. The standard InChI is InChI=1S/C22H16N4O3/c23-12-13-2-1-3-16(8-13)22-24-21(25-29-22)15-4-5-18-17(9-15)10-19-14(11-20(27)28)6-7-26(18)19/h1-5,8-10,14H,6-7,11H2,(H,27,28). The van der Waals surface area contributed by atoms with Crippen LogP contribution in [0.25, 0.3) is 33.7 Å². The van der Waals surface area contributed by atoms with Gasteiger partial charge in [-0.1, -0.05) is 11.2 Å². The van der Waals surface area contributed by atoms with E-state index in [1.54, 1.807) is 18.2 Å². The number of hydrogen-bond acceptors (Lipinski definition) is 5. The number of fused-ring (bicyclic) bond motifs is 3. The van der Waals surface area contributed by atoms with Gasteiger partial charge in [0, 0.05) is 40.2 Å². The second-order valence-corrected chi connectivity index (χ2v) is 7.19. The highest BCUT2D eigenvalue weighted by Crippen LogP contribution is 2.37. The molecular weight excluding hydrogens is 368 g/mol. The second kappa shape index (κ2) is 6.60. The Bertz CT molecular complexity index is 1300. The van der Waals surface area contributed by atoms with E-state index in [1.807, 2.05) is 24.3 Å². The van der Waals surface area contributed by atoms with E-state index in [0.29, 0.717) is 22.8 Å². The molecule has 0 saturated heterocycles. The molecule has 0 spiro atoms. The van der Waals surface area contributed by atoms with E-state index in [2.05, 4.69) is 26.8 Å². The van der Waals surface area contributed by atoms with Gasteiger partial charge in [0.15, 0.2) is 0 Å². The number of hydrogen-bond donors (Lipinski definition) is 1. The molecule has 5 rings (SSSR count). The summed E-state index contributed by atoms with van der Waals surface area (Å²) >= 11 is 0. The summed E-state index contributed by atoms with van der Waals surface area (Å²) in [4.78, 5) is 15.6. The van der Waals surface area contributed by atoms with Crippen molar-refractivity contribution in [2.24, 2.45) is 0 Å². The van der Waals surface area contributed by atoms with Crippen LogP contribution in [0.2, 0.25) is 0 Å². The quantitative estimate of drug-likeness (QED) is 0.565. The van der Waals surface area contributed by atoms with Crippen LogP contribution in [0, 0.1) is 11.3 Å². The van der Waals surface area contributed by atoms with Gasteiger partial charge in [0.2, 0.25) is 5.82 Å². The van der Waals surface area contributed by atoms with Gasteiger partial charge >= 0.3 is 5.97 Å². The van der Waals surface area contributed by atoms with E-state index in [4.69, 9.17) is 14.9 Å². The molecule has 1 atom stereocenters. The summed E-state index contributed by atoms with van der Waals surface area (Å²) < 4.78 is 7.59. The van der Waals surface area contributed by atoms with Crippen LogP contribution in [0.15, 0.2) is 53.1 Å². The number of aliphatic carboxylic acids is 1. The van der Waals surface area contributed by atoms with Gasteiger partial charge in [-0.2, -0.15) is 10.2 Å². The molecule has 29 heavy (non-hydrogen) atoms. The van der Waals surface area contributed by atoms with Crippen LogP contribution in [0.1, 0.15) is 30.0 Å². The maximum atomic E-state index is 11.1. The Kier molecular flexibility index (Phi) is 3.91. The Morgan fingerprint density at radius 1 is 1.24 bits per heavy atom. The first kappa shape index (κ1) is 17.2. The van der Waals surface area contributed by atoms with Gasteiger partial charge in [-0.3, -0.25) is 4.79 Å². The maximum absolute atomic E-state index is 11.1. The second-order valence-electron chi connectivity index (χ2n) is 7.19. The van der Waals surface area contributed by atoms with Crippen molar-refractivity contribution < 1.29 is 14.4 Å². The lowest BCUT2D eigenvalue weighted by Gasteiger charge is -2.04. The molecule has 7 heteroatoms. The molecule has 1 aliphatic rings. The molecule has 0 saturated carbocycles. The van der Waals surface area contributed by atoms with Crippen molar-refractivity contribution in [3.05, 3.63) is 59.8 Å². The fraction of sp³-hybridized carbons (Fsp3) is 0.182. The van der Waals surface area contributed by atoms with Gasteiger partial charge in [-0.05, 0) is 48.9 Å². The molecule has 0 aliphatic carbocycles. The van der Waals surface area contributed by atoms with Gasteiger partial charge in [-0.25, -0.2) is 0 Å². The number of benzene rings is 2. The van der Waals surface area contributed by atoms with Crippen molar-refractivity contribution in [1.29, 1.82) is 5.26 Å². The third-order valence-electron chi connectivity index (χ3n) is 5.40. The Balaban J connectivity index is 1.50. The zero-order valence-corrected chi connectivity index (χ0v) is 15.4. The average Bonchev–Trinajstić information content (AvgIpc) is 3.43. The third kappa shape index (κ3) is 2.95. The minimum Gasteiger partial charge on any atom is -0.481 e. The fourth-order valence-electron chi connectivity index (χ4n) is 4.05. The summed E-state index contributed by atoms with van der Waals surface area (Å²) in [6, 6.07) is 17.2. The highest BCUT2D eigenvalue weighted by atomic mass is 16.5. The smallest absolute Gasteiger partial charge is 0.304 e. The number of rotatable bonds is 4. The Hall–Kier alpha value is -3.92. The van der Waals surface area contributed by atoms with E-state index < -0.39 is 5.97 Å². The summed E-state index contributed by atoms with van der Waals surface area (Å²) in [5.74, 6) is 0.109. The molecule has 2 aromatic heterocycles. The predicted molar refractivity (Wildman–Crippen MR) is 105 cm³/mol. The Morgan fingerprint density at radius 3 is 2.97 bits per heavy atom. The van der Waals surface area contributed by atoms with Crippen molar-refractivity contribution in [3.63, 3.8) is 0 Å². The van der Waals surface area contributed by atoms with Crippen LogP contribution in [0.5, 0.6) is 0 Å². The lowest BCUT2D eigenvalue weighted by Crippen LogP contribution is -2.02. The zero-order chi connectivity index (χ0) is 20.0. The van der Waals surface area contributed by atoms with E-state index in [0.717, 1.165) is 35.1 Å². The van der Waals surface area contributed by atoms with Gasteiger partial charge in [0.1, 0.15) is 0 Å². The normalized spacial score (nSPS) is 15.3. The summed E-state index contributed by atoms with van der Waals surface area (Å²) in [5.41, 5.74) is 4.21. The predicted octanol–water partition coefficient (Wildman–Crippen LogP) is 4.19. The third-order valence-corrected chi connectivity index (χ3v) is 5.40. The van der Waals surface area contributed by atoms with Gasteiger partial charge in [0.05, 0.1) is 18.1 Å². The molecule has 0 amide bonds. The van der Waals surface area contributed by atoms with Crippen LogP contribution in [-0.2, 0) is 11.3 Å². The lowest BCUT2D eigenvalue weighted by atomic mass is 10.0. The lowest BCUT2D eigenvalue weighted by molar-refractivity contribution is -0.137. The maximum Gasteiger partial charge on any atom is 0.304 e. The van der Waals surface area contributed by atoms with Crippen molar-refractivity contribution in [2.75, 3.05) is 0 Å². The Morgan fingerprint density at radius 2 is 2.14 bits per heavy atom. The molecule has 1 unspecified atom stereocenters. The number of nitriles is 1. The highest BCUT2D eigenvalue weighted by Gasteiger charge is 2.26. The van der Waals surface area contributed by atoms with Crippen LogP contribution >= 0.6 is 0 Å². The Labute approximate surface area is 165 Å². The van der Waals surface area contributed by atoms with E-state index >= 15 is 0 Å². The van der Waals surface area contributed by atoms with Crippen LogP contribution in [0.4, 0.5) is 0 Å². The largest absolute Gasteiger partial charge is 0.481 e. The van der Waals surface area contributed by atoms with Crippen molar-refractivity contribution >= 4 is 16.9 Å². The van der Waals surface area contributed by atoms with Crippen molar-refractivity contribution in [3.8, 4) is 28.9 Å². The number of nitrogens with zero attached hydrogens (tertiary/aromatic N) is 4.